The van der Waals surface area contributed by atoms with Gasteiger partial charge in [0, 0.05) is 50.9 Å². The van der Waals surface area contributed by atoms with Crippen LogP contribution >= 0.6 is 0 Å². The molecule has 1 aromatic rings. The van der Waals surface area contributed by atoms with Gasteiger partial charge in [0.05, 0.1) is 5.92 Å². The van der Waals surface area contributed by atoms with Crippen LogP contribution in [0.15, 0.2) is 18.3 Å². The van der Waals surface area contributed by atoms with E-state index in [2.05, 4.69) is 4.98 Å². The molecule has 136 valence electrons. The van der Waals surface area contributed by atoms with Gasteiger partial charge < -0.3 is 15.5 Å². The Labute approximate surface area is 145 Å². The number of pyridine rings is 1. The molecule has 0 saturated carbocycles. The number of rotatable bonds is 3. The zero-order chi connectivity index (χ0) is 18.0. The van der Waals surface area contributed by atoms with Crippen molar-refractivity contribution in [2.45, 2.75) is 31.6 Å². The number of piperidine rings is 2. The van der Waals surface area contributed by atoms with E-state index < -0.39 is 11.8 Å². The van der Waals surface area contributed by atoms with Gasteiger partial charge in [0.2, 0.25) is 5.91 Å². The number of primary amides is 1. The van der Waals surface area contributed by atoms with E-state index in [1.807, 2.05) is 4.90 Å². The summed E-state index contributed by atoms with van der Waals surface area (Å²) in [6, 6.07) is 3.40. The Morgan fingerprint density at radius 3 is 2.64 bits per heavy atom. The lowest BCUT2D eigenvalue weighted by atomic mass is 9.94. The van der Waals surface area contributed by atoms with Gasteiger partial charge in [-0.25, -0.2) is 8.78 Å². The number of hydrogen-bond donors (Lipinski definition) is 1. The summed E-state index contributed by atoms with van der Waals surface area (Å²) >= 11 is 0. The zero-order valence-electron chi connectivity index (χ0n) is 14.0. The van der Waals surface area contributed by atoms with Gasteiger partial charge in [-0.1, -0.05) is 0 Å². The average molecular weight is 352 g/mol. The smallest absolute Gasteiger partial charge is 0.267 e. The number of alkyl halides is 2. The predicted octanol–water partition coefficient (Wildman–Crippen LogP) is 1.65. The van der Waals surface area contributed by atoms with Gasteiger partial charge in [0.15, 0.2) is 0 Å². The molecule has 3 heterocycles. The van der Waals surface area contributed by atoms with Crippen molar-refractivity contribution < 1.29 is 18.4 Å². The van der Waals surface area contributed by atoms with Crippen molar-refractivity contribution in [2.24, 2.45) is 11.7 Å². The highest BCUT2D eigenvalue weighted by Crippen LogP contribution is 2.30. The molecule has 2 aliphatic rings. The number of aromatic nitrogens is 1. The van der Waals surface area contributed by atoms with Crippen LogP contribution in [0.2, 0.25) is 0 Å². The fraction of sp³-hybridized carbons (Fsp3) is 0.588. The highest BCUT2D eigenvalue weighted by molar-refractivity contribution is 5.91. The third kappa shape index (κ3) is 4.05. The molecule has 1 aromatic heterocycles. The van der Waals surface area contributed by atoms with Crippen LogP contribution in [0.1, 0.15) is 36.2 Å². The SMILES string of the molecule is NC(=O)c1cc(N2CCCC(C(=O)N3CCC(F)(F)CC3)C2)ccn1. The minimum atomic E-state index is -2.66. The topological polar surface area (TPSA) is 79.5 Å². The summed E-state index contributed by atoms with van der Waals surface area (Å²) in [5.74, 6) is -3.52. The molecule has 1 atom stereocenters. The molecule has 0 bridgehead atoms. The van der Waals surface area contributed by atoms with Crippen molar-refractivity contribution in [2.75, 3.05) is 31.1 Å². The molecule has 25 heavy (non-hydrogen) atoms. The lowest BCUT2D eigenvalue weighted by molar-refractivity contribution is -0.141. The summed E-state index contributed by atoms with van der Waals surface area (Å²) in [4.78, 5) is 31.5. The Hall–Kier alpha value is -2.25. The van der Waals surface area contributed by atoms with E-state index in [0.29, 0.717) is 6.54 Å². The maximum Gasteiger partial charge on any atom is 0.267 e. The molecule has 2 fully saturated rings. The van der Waals surface area contributed by atoms with E-state index in [0.717, 1.165) is 25.1 Å². The monoisotopic (exact) mass is 352 g/mol. The Bertz CT molecular complexity index is 658. The van der Waals surface area contributed by atoms with Crippen LogP contribution in [-0.2, 0) is 4.79 Å². The molecule has 0 aliphatic carbocycles. The second-order valence-corrected chi connectivity index (χ2v) is 6.73. The quantitative estimate of drug-likeness (QED) is 0.897. The first kappa shape index (κ1) is 17.6. The number of nitrogens with zero attached hydrogens (tertiary/aromatic N) is 3. The van der Waals surface area contributed by atoms with E-state index in [4.69, 9.17) is 5.73 Å². The van der Waals surface area contributed by atoms with Gasteiger partial charge in [-0.05, 0) is 25.0 Å². The van der Waals surface area contributed by atoms with E-state index in [9.17, 15) is 18.4 Å². The first-order chi connectivity index (χ1) is 11.9. The van der Waals surface area contributed by atoms with Crippen molar-refractivity contribution in [1.29, 1.82) is 0 Å². The van der Waals surface area contributed by atoms with Gasteiger partial charge >= 0.3 is 0 Å². The van der Waals surface area contributed by atoms with Crippen molar-refractivity contribution in [3.63, 3.8) is 0 Å². The van der Waals surface area contributed by atoms with Gasteiger partial charge in [-0.3, -0.25) is 14.6 Å². The lowest BCUT2D eigenvalue weighted by Gasteiger charge is -2.38. The third-order valence-corrected chi connectivity index (χ3v) is 4.94. The maximum absolute atomic E-state index is 13.3. The number of nitrogens with two attached hydrogens (primary N) is 1. The van der Waals surface area contributed by atoms with Gasteiger partial charge in [-0.15, -0.1) is 0 Å². The largest absolute Gasteiger partial charge is 0.371 e. The summed E-state index contributed by atoms with van der Waals surface area (Å²) in [7, 11) is 0. The Morgan fingerprint density at radius 2 is 1.96 bits per heavy atom. The number of halogens is 2. The van der Waals surface area contributed by atoms with Crippen molar-refractivity contribution in [3.05, 3.63) is 24.0 Å². The second-order valence-electron chi connectivity index (χ2n) is 6.73. The summed E-state index contributed by atoms with van der Waals surface area (Å²) in [6.07, 6.45) is 2.57. The van der Waals surface area contributed by atoms with Crippen LogP contribution in [0.25, 0.3) is 0 Å². The number of carbonyl (C=O) groups is 2. The Morgan fingerprint density at radius 1 is 1.24 bits per heavy atom. The minimum absolute atomic E-state index is 0.0515. The van der Waals surface area contributed by atoms with E-state index in [1.165, 1.54) is 6.20 Å². The average Bonchev–Trinajstić information content (AvgIpc) is 2.61. The normalized spacial score (nSPS) is 23.4. The van der Waals surface area contributed by atoms with Gasteiger partial charge in [0.25, 0.3) is 11.8 Å². The summed E-state index contributed by atoms with van der Waals surface area (Å²) in [5, 5.41) is 0. The van der Waals surface area contributed by atoms with Crippen molar-refractivity contribution in [3.8, 4) is 0 Å². The molecule has 2 N–H and O–H groups in total. The van der Waals surface area contributed by atoms with E-state index in [1.54, 1.807) is 17.0 Å². The van der Waals surface area contributed by atoms with Crippen molar-refractivity contribution in [1.82, 2.24) is 9.88 Å². The molecule has 2 saturated heterocycles. The molecule has 2 amide bonds. The molecule has 1 unspecified atom stereocenters. The molecule has 2 aliphatic heterocycles. The number of likely N-dealkylation sites (tertiary alicyclic amines) is 1. The molecule has 3 rings (SSSR count). The highest BCUT2D eigenvalue weighted by Gasteiger charge is 2.38. The number of hydrogen-bond acceptors (Lipinski definition) is 4. The first-order valence-electron chi connectivity index (χ1n) is 8.53. The van der Waals surface area contributed by atoms with Crippen LogP contribution in [0.5, 0.6) is 0 Å². The summed E-state index contributed by atoms with van der Waals surface area (Å²) in [5.41, 5.74) is 6.25. The minimum Gasteiger partial charge on any atom is -0.371 e. The molecule has 0 spiro atoms. The van der Waals surface area contributed by atoms with Gasteiger partial charge in [-0.2, -0.15) is 0 Å². The maximum atomic E-state index is 13.3. The summed E-state index contributed by atoms with van der Waals surface area (Å²) in [6.45, 7) is 1.50. The zero-order valence-corrected chi connectivity index (χ0v) is 14.0. The molecule has 0 radical (unpaired) electrons. The van der Waals surface area contributed by atoms with Crippen LogP contribution in [0.4, 0.5) is 14.5 Å². The van der Waals surface area contributed by atoms with E-state index in [-0.39, 0.29) is 43.5 Å². The lowest BCUT2D eigenvalue weighted by Crippen LogP contribution is -2.49. The summed E-state index contributed by atoms with van der Waals surface area (Å²) < 4.78 is 26.6. The van der Waals surface area contributed by atoms with Crippen LogP contribution in [-0.4, -0.2) is 53.8 Å². The highest BCUT2D eigenvalue weighted by atomic mass is 19.3. The second kappa shape index (κ2) is 6.93. The number of amides is 2. The fourth-order valence-electron chi connectivity index (χ4n) is 3.48. The number of carbonyl (C=O) groups excluding carboxylic acids is 2. The first-order valence-corrected chi connectivity index (χ1v) is 8.53. The molecule has 6 nitrogen and oxygen atoms in total. The predicted molar refractivity (Wildman–Crippen MR) is 88.5 cm³/mol. The Kier molecular flexibility index (Phi) is 4.87. The molecular weight excluding hydrogens is 330 g/mol. The third-order valence-electron chi connectivity index (χ3n) is 4.94. The Balaban J connectivity index is 1.66. The van der Waals surface area contributed by atoms with E-state index >= 15 is 0 Å². The standard InChI is InChI=1S/C17H22F2N4O2/c18-17(19)4-8-22(9-5-17)16(25)12-2-1-7-23(11-12)13-3-6-21-14(10-13)15(20)24/h3,6,10,12H,1-2,4-5,7-9,11H2,(H2,20,24). The van der Waals surface area contributed by atoms with Crippen LogP contribution < -0.4 is 10.6 Å². The van der Waals surface area contributed by atoms with Crippen LogP contribution in [0.3, 0.4) is 0 Å². The molecule has 8 heteroatoms. The van der Waals surface area contributed by atoms with Crippen molar-refractivity contribution >= 4 is 17.5 Å². The number of anilines is 1. The fourth-order valence-corrected chi connectivity index (χ4v) is 3.48. The van der Waals surface area contributed by atoms with Crippen LogP contribution in [0, 0.1) is 5.92 Å². The molecular formula is C17H22F2N4O2. The van der Waals surface area contributed by atoms with Gasteiger partial charge in [0.1, 0.15) is 5.69 Å². The molecule has 0 aromatic carbocycles.